The summed E-state index contributed by atoms with van der Waals surface area (Å²) < 4.78 is 8.83. The van der Waals surface area contributed by atoms with E-state index in [1.165, 1.54) is 15.2 Å². The standard InChI is InChI=1S/C13H16NOS/c1-4-14-11-7-5-6-8-12(11)16-13(14)9-10(2)15-3/h5-9H,4H2,1-3H3/q+1. The number of nitrogens with zero attached hydrogens (tertiary/aromatic N) is 1. The minimum atomic E-state index is 0.939. The molecule has 0 aliphatic rings. The van der Waals surface area contributed by atoms with Gasteiger partial charge in [-0.05, 0) is 19.9 Å². The van der Waals surface area contributed by atoms with Crippen LogP contribution >= 0.6 is 11.3 Å². The maximum Gasteiger partial charge on any atom is 0.266 e. The number of aromatic nitrogens is 1. The molecule has 0 atom stereocenters. The molecule has 84 valence electrons. The molecule has 0 saturated carbocycles. The average molecular weight is 234 g/mol. The molecule has 2 rings (SSSR count). The summed E-state index contributed by atoms with van der Waals surface area (Å²) in [7, 11) is 1.70. The van der Waals surface area contributed by atoms with E-state index in [9.17, 15) is 0 Å². The van der Waals surface area contributed by atoms with Gasteiger partial charge in [0.05, 0.1) is 18.9 Å². The fourth-order valence-electron chi connectivity index (χ4n) is 1.72. The maximum absolute atomic E-state index is 5.20. The number of para-hydroxylation sites is 1. The predicted octanol–water partition coefficient (Wildman–Crippen LogP) is 3.22. The highest BCUT2D eigenvalue weighted by molar-refractivity contribution is 7.18. The summed E-state index contributed by atoms with van der Waals surface area (Å²) in [6.45, 7) is 5.12. The van der Waals surface area contributed by atoms with Crippen molar-refractivity contribution in [3.8, 4) is 0 Å². The summed E-state index contributed by atoms with van der Waals surface area (Å²) in [6, 6.07) is 8.48. The Balaban J connectivity index is 2.61. The van der Waals surface area contributed by atoms with E-state index in [0.717, 1.165) is 12.3 Å². The number of hydrogen-bond acceptors (Lipinski definition) is 2. The molecule has 0 radical (unpaired) electrons. The van der Waals surface area contributed by atoms with E-state index in [1.807, 2.05) is 6.92 Å². The van der Waals surface area contributed by atoms with Crippen LogP contribution in [0.4, 0.5) is 0 Å². The van der Waals surface area contributed by atoms with E-state index >= 15 is 0 Å². The van der Waals surface area contributed by atoms with Crippen molar-refractivity contribution in [2.75, 3.05) is 7.11 Å². The summed E-state index contributed by atoms with van der Waals surface area (Å²) in [5.74, 6) is 0.939. The molecule has 2 nitrogen and oxygen atoms in total. The van der Waals surface area contributed by atoms with E-state index in [-0.39, 0.29) is 0 Å². The smallest absolute Gasteiger partial charge is 0.266 e. The van der Waals surface area contributed by atoms with Crippen LogP contribution in [0.5, 0.6) is 0 Å². The number of methoxy groups -OCH3 is 1. The van der Waals surface area contributed by atoms with Crippen molar-refractivity contribution in [3.63, 3.8) is 0 Å². The lowest BCUT2D eigenvalue weighted by Gasteiger charge is -1.95. The number of ether oxygens (including phenoxy) is 1. The number of rotatable bonds is 3. The molecule has 0 N–H and O–H groups in total. The minimum Gasteiger partial charge on any atom is -0.501 e. The van der Waals surface area contributed by atoms with Crippen LogP contribution in [-0.2, 0) is 11.3 Å². The Labute approximate surface area is 99.8 Å². The summed E-state index contributed by atoms with van der Waals surface area (Å²) in [5, 5.41) is 1.24. The summed E-state index contributed by atoms with van der Waals surface area (Å²) in [6.07, 6.45) is 2.09. The lowest BCUT2D eigenvalue weighted by atomic mass is 10.3. The lowest BCUT2D eigenvalue weighted by Crippen LogP contribution is -2.33. The first kappa shape index (κ1) is 11.1. The van der Waals surface area contributed by atoms with Gasteiger partial charge in [0, 0.05) is 6.07 Å². The topological polar surface area (TPSA) is 13.1 Å². The Morgan fingerprint density at radius 2 is 2.19 bits per heavy atom. The predicted molar refractivity (Wildman–Crippen MR) is 68.4 cm³/mol. The van der Waals surface area contributed by atoms with Crippen molar-refractivity contribution in [1.82, 2.24) is 0 Å². The molecule has 2 aromatic rings. The molecule has 1 aromatic carbocycles. The van der Waals surface area contributed by atoms with E-state index in [4.69, 9.17) is 4.74 Å². The zero-order chi connectivity index (χ0) is 11.5. The molecular weight excluding hydrogens is 218 g/mol. The van der Waals surface area contributed by atoms with Crippen LogP contribution in [0.2, 0.25) is 0 Å². The van der Waals surface area contributed by atoms with Crippen LogP contribution in [0.3, 0.4) is 0 Å². The highest BCUT2D eigenvalue weighted by atomic mass is 32.1. The highest BCUT2D eigenvalue weighted by Crippen LogP contribution is 2.21. The summed E-state index contributed by atoms with van der Waals surface area (Å²) in [4.78, 5) is 0. The molecule has 0 aliphatic carbocycles. The molecule has 16 heavy (non-hydrogen) atoms. The van der Waals surface area contributed by atoms with E-state index in [2.05, 4.69) is 41.8 Å². The third kappa shape index (κ3) is 1.95. The Morgan fingerprint density at radius 3 is 2.88 bits per heavy atom. The van der Waals surface area contributed by atoms with Crippen LogP contribution in [-0.4, -0.2) is 7.11 Å². The second-order valence-corrected chi connectivity index (χ2v) is 4.67. The molecule has 1 heterocycles. The van der Waals surface area contributed by atoms with Crippen LogP contribution in [0.1, 0.15) is 18.9 Å². The van der Waals surface area contributed by atoms with E-state index in [1.54, 1.807) is 18.4 Å². The van der Waals surface area contributed by atoms with Gasteiger partial charge in [0.25, 0.3) is 5.01 Å². The van der Waals surface area contributed by atoms with E-state index in [0.29, 0.717) is 0 Å². The van der Waals surface area contributed by atoms with Gasteiger partial charge in [-0.25, -0.2) is 0 Å². The maximum atomic E-state index is 5.20. The minimum absolute atomic E-state index is 0.939. The van der Waals surface area contributed by atoms with Crippen molar-refractivity contribution < 1.29 is 9.30 Å². The van der Waals surface area contributed by atoms with Crippen molar-refractivity contribution in [1.29, 1.82) is 0 Å². The van der Waals surface area contributed by atoms with Gasteiger partial charge in [0.1, 0.15) is 11.2 Å². The Hall–Kier alpha value is -1.35. The third-order valence-electron chi connectivity index (χ3n) is 2.60. The van der Waals surface area contributed by atoms with Crippen molar-refractivity contribution in [3.05, 3.63) is 35.0 Å². The van der Waals surface area contributed by atoms with Gasteiger partial charge < -0.3 is 4.74 Å². The molecule has 0 fully saturated rings. The van der Waals surface area contributed by atoms with E-state index < -0.39 is 0 Å². The highest BCUT2D eigenvalue weighted by Gasteiger charge is 2.16. The van der Waals surface area contributed by atoms with Crippen LogP contribution in [0.15, 0.2) is 30.0 Å². The van der Waals surface area contributed by atoms with Gasteiger partial charge in [0.15, 0.2) is 0 Å². The van der Waals surface area contributed by atoms with Gasteiger partial charge in [-0.2, -0.15) is 4.57 Å². The zero-order valence-electron chi connectivity index (χ0n) is 9.86. The number of allylic oxidation sites excluding steroid dienone is 1. The summed E-state index contributed by atoms with van der Waals surface area (Å²) >= 11 is 1.80. The van der Waals surface area contributed by atoms with Gasteiger partial charge in [0.2, 0.25) is 5.52 Å². The fraction of sp³-hybridized carbons (Fsp3) is 0.308. The van der Waals surface area contributed by atoms with Crippen molar-refractivity contribution in [2.45, 2.75) is 20.4 Å². The summed E-state index contributed by atoms with van der Waals surface area (Å²) in [5.41, 5.74) is 1.30. The van der Waals surface area contributed by atoms with Crippen LogP contribution in [0, 0.1) is 0 Å². The number of aryl methyl sites for hydroxylation is 1. The quantitative estimate of drug-likeness (QED) is 0.587. The Morgan fingerprint density at radius 1 is 1.44 bits per heavy atom. The molecular formula is C13H16NOS+. The van der Waals surface area contributed by atoms with Gasteiger partial charge >= 0.3 is 0 Å². The van der Waals surface area contributed by atoms with Crippen molar-refractivity contribution >= 4 is 27.6 Å². The zero-order valence-corrected chi connectivity index (χ0v) is 10.7. The van der Waals surface area contributed by atoms with Gasteiger partial charge in [-0.1, -0.05) is 23.5 Å². The second-order valence-electron chi connectivity index (χ2n) is 3.61. The number of hydrogen-bond donors (Lipinski definition) is 0. The largest absolute Gasteiger partial charge is 0.501 e. The molecule has 0 saturated heterocycles. The first-order valence-electron chi connectivity index (χ1n) is 5.40. The molecule has 0 spiro atoms. The second kappa shape index (κ2) is 4.66. The number of benzene rings is 1. The molecule has 0 aliphatic heterocycles. The van der Waals surface area contributed by atoms with Crippen LogP contribution in [0.25, 0.3) is 16.3 Å². The number of fused-ring (bicyclic) bond motifs is 1. The lowest BCUT2D eigenvalue weighted by molar-refractivity contribution is -0.665. The first-order chi connectivity index (χ1) is 7.76. The molecule has 3 heteroatoms. The Bertz CT molecular complexity index is 528. The van der Waals surface area contributed by atoms with Gasteiger partial charge in [-0.3, -0.25) is 0 Å². The van der Waals surface area contributed by atoms with Crippen LogP contribution < -0.4 is 4.57 Å². The normalized spacial score (nSPS) is 12.1. The molecule has 1 aromatic heterocycles. The SMILES string of the molecule is CC[n+]1c(C=C(C)OC)sc2ccccc21. The monoisotopic (exact) mass is 234 g/mol. The molecule has 0 unspecified atom stereocenters. The van der Waals surface area contributed by atoms with Gasteiger partial charge in [-0.15, -0.1) is 0 Å². The van der Waals surface area contributed by atoms with Crippen molar-refractivity contribution in [2.24, 2.45) is 0 Å². The Kier molecular flexibility index (Phi) is 3.25. The fourth-order valence-corrected chi connectivity index (χ4v) is 2.94. The molecule has 0 bridgehead atoms. The number of thiazole rings is 1. The third-order valence-corrected chi connectivity index (χ3v) is 3.71. The average Bonchev–Trinajstić information content (AvgIpc) is 2.65. The molecule has 0 amide bonds. The first-order valence-corrected chi connectivity index (χ1v) is 6.21.